The minimum absolute atomic E-state index is 0.174. The van der Waals surface area contributed by atoms with Crippen LogP contribution in [0.3, 0.4) is 0 Å². The predicted molar refractivity (Wildman–Crippen MR) is 53.7 cm³/mol. The Labute approximate surface area is 84.1 Å². The molecule has 0 N–H and O–H groups in total. The maximum atomic E-state index is 5.61. The molecule has 0 bridgehead atoms. The molecule has 1 aromatic heterocycles. The highest BCUT2D eigenvalue weighted by atomic mass is 16.5. The number of hydrogen-bond donors (Lipinski definition) is 0. The fourth-order valence-electron chi connectivity index (χ4n) is 1.18. The van der Waals surface area contributed by atoms with Crippen LogP contribution in [0.1, 0.15) is 26.7 Å². The molecule has 0 spiro atoms. The summed E-state index contributed by atoms with van der Waals surface area (Å²) in [5.41, 5.74) is 0. The van der Waals surface area contributed by atoms with Crippen LogP contribution in [0.2, 0.25) is 0 Å². The summed E-state index contributed by atoms with van der Waals surface area (Å²) in [7, 11) is 0. The van der Waals surface area contributed by atoms with Gasteiger partial charge in [0.05, 0.1) is 24.6 Å². The van der Waals surface area contributed by atoms with Crippen LogP contribution in [-0.4, -0.2) is 17.2 Å². The van der Waals surface area contributed by atoms with Crippen LogP contribution in [0, 0.1) is 0 Å². The molecule has 3 nitrogen and oxygen atoms in total. The van der Waals surface area contributed by atoms with Gasteiger partial charge >= 0.3 is 0 Å². The summed E-state index contributed by atoms with van der Waals surface area (Å²) in [6.45, 7) is 3.99. The van der Waals surface area contributed by atoms with Crippen molar-refractivity contribution < 1.29 is 9.47 Å². The van der Waals surface area contributed by atoms with E-state index in [1.54, 1.807) is 12.4 Å². The third-order valence-corrected chi connectivity index (χ3v) is 1.89. The van der Waals surface area contributed by atoms with Gasteiger partial charge in [0, 0.05) is 6.07 Å². The lowest BCUT2D eigenvalue weighted by atomic mass is 10.4. The summed E-state index contributed by atoms with van der Waals surface area (Å²) in [6.07, 6.45) is 6.34. The van der Waals surface area contributed by atoms with Crippen LogP contribution < -0.4 is 9.47 Å². The van der Waals surface area contributed by atoms with E-state index in [-0.39, 0.29) is 6.10 Å². The average Bonchev–Trinajstić information content (AvgIpc) is 2.87. The Balaban J connectivity index is 2.01. The van der Waals surface area contributed by atoms with Gasteiger partial charge in [-0.05, 0) is 26.7 Å². The van der Waals surface area contributed by atoms with Crippen molar-refractivity contribution in [2.45, 2.75) is 38.9 Å². The van der Waals surface area contributed by atoms with Crippen LogP contribution in [0.5, 0.6) is 11.5 Å². The first-order valence-corrected chi connectivity index (χ1v) is 5.02. The van der Waals surface area contributed by atoms with E-state index in [2.05, 4.69) is 4.98 Å². The molecule has 0 saturated heterocycles. The number of hydrogen-bond acceptors (Lipinski definition) is 3. The van der Waals surface area contributed by atoms with Crippen LogP contribution in [0.15, 0.2) is 18.5 Å². The molecule has 1 aromatic rings. The molecule has 0 radical (unpaired) electrons. The van der Waals surface area contributed by atoms with Gasteiger partial charge in [-0.25, -0.2) is 0 Å². The third kappa shape index (κ3) is 2.62. The van der Waals surface area contributed by atoms with Crippen LogP contribution in [0.4, 0.5) is 0 Å². The molecule has 0 aromatic carbocycles. The van der Waals surface area contributed by atoms with E-state index in [1.165, 1.54) is 0 Å². The molecule has 76 valence electrons. The van der Waals surface area contributed by atoms with Crippen LogP contribution in [-0.2, 0) is 0 Å². The summed E-state index contributed by atoms with van der Waals surface area (Å²) in [4.78, 5) is 4.07. The van der Waals surface area contributed by atoms with Crippen molar-refractivity contribution in [1.29, 1.82) is 0 Å². The summed E-state index contributed by atoms with van der Waals surface area (Å²) >= 11 is 0. The second-order valence-electron chi connectivity index (χ2n) is 3.84. The van der Waals surface area contributed by atoms with E-state index in [0.717, 1.165) is 24.3 Å². The minimum Gasteiger partial charge on any atom is -0.489 e. The van der Waals surface area contributed by atoms with Crippen molar-refractivity contribution in [1.82, 2.24) is 4.98 Å². The highest BCUT2D eigenvalue weighted by Gasteiger charge is 2.23. The van der Waals surface area contributed by atoms with Crippen LogP contribution in [0.25, 0.3) is 0 Å². The van der Waals surface area contributed by atoms with Gasteiger partial charge in [-0.2, -0.15) is 0 Å². The molecule has 1 aliphatic rings. The Hall–Kier alpha value is -1.25. The van der Waals surface area contributed by atoms with Crippen molar-refractivity contribution in [3.63, 3.8) is 0 Å². The van der Waals surface area contributed by atoms with Crippen molar-refractivity contribution in [2.75, 3.05) is 0 Å². The first-order valence-electron chi connectivity index (χ1n) is 5.02. The highest BCUT2D eigenvalue weighted by molar-refractivity contribution is 5.28. The lowest BCUT2D eigenvalue weighted by molar-refractivity contribution is 0.238. The highest BCUT2D eigenvalue weighted by Crippen LogP contribution is 2.28. The summed E-state index contributed by atoms with van der Waals surface area (Å²) in [5, 5.41) is 0. The van der Waals surface area contributed by atoms with E-state index in [9.17, 15) is 0 Å². The molecule has 1 aliphatic carbocycles. The summed E-state index contributed by atoms with van der Waals surface area (Å²) in [5.74, 6) is 1.59. The van der Waals surface area contributed by atoms with Gasteiger partial charge in [0.1, 0.15) is 11.5 Å². The number of ether oxygens (including phenoxy) is 2. The first kappa shape index (κ1) is 9.31. The molecule has 1 heterocycles. The zero-order valence-corrected chi connectivity index (χ0v) is 8.56. The molecule has 3 heteroatoms. The Bertz CT molecular complexity index is 289. The second kappa shape index (κ2) is 3.86. The molecule has 2 rings (SSSR count). The second-order valence-corrected chi connectivity index (χ2v) is 3.84. The quantitative estimate of drug-likeness (QED) is 0.735. The van der Waals surface area contributed by atoms with E-state index >= 15 is 0 Å². The Morgan fingerprint density at radius 3 is 2.64 bits per heavy atom. The molecule has 0 atom stereocenters. The molecule has 0 aliphatic heterocycles. The fraction of sp³-hybridized carbons (Fsp3) is 0.545. The maximum absolute atomic E-state index is 5.61. The smallest absolute Gasteiger partial charge is 0.141 e. The van der Waals surface area contributed by atoms with E-state index in [4.69, 9.17) is 9.47 Å². The Morgan fingerprint density at radius 2 is 2.00 bits per heavy atom. The van der Waals surface area contributed by atoms with Gasteiger partial charge in [0.2, 0.25) is 0 Å². The largest absolute Gasteiger partial charge is 0.489 e. The van der Waals surface area contributed by atoms with Crippen LogP contribution >= 0.6 is 0 Å². The van der Waals surface area contributed by atoms with E-state index < -0.39 is 0 Å². The lowest BCUT2D eigenvalue weighted by Gasteiger charge is -2.10. The number of pyridine rings is 1. The van der Waals surface area contributed by atoms with Gasteiger partial charge in [-0.15, -0.1) is 0 Å². The monoisotopic (exact) mass is 193 g/mol. The van der Waals surface area contributed by atoms with Gasteiger partial charge in [-0.3, -0.25) is 4.98 Å². The van der Waals surface area contributed by atoms with Crippen molar-refractivity contribution in [3.05, 3.63) is 18.5 Å². The SMILES string of the molecule is CC(C)Oc1cncc(OC2CC2)c1. The lowest BCUT2D eigenvalue weighted by Crippen LogP contribution is -2.06. The van der Waals surface area contributed by atoms with Crippen molar-refractivity contribution in [2.24, 2.45) is 0 Å². The van der Waals surface area contributed by atoms with Gasteiger partial charge in [0.15, 0.2) is 0 Å². The number of aromatic nitrogens is 1. The van der Waals surface area contributed by atoms with E-state index in [1.807, 2.05) is 19.9 Å². The van der Waals surface area contributed by atoms with Crippen molar-refractivity contribution in [3.8, 4) is 11.5 Å². The predicted octanol–water partition coefficient (Wildman–Crippen LogP) is 2.41. The Kier molecular flexibility index (Phi) is 2.57. The third-order valence-electron chi connectivity index (χ3n) is 1.89. The normalized spacial score (nSPS) is 15.6. The number of nitrogens with zero attached hydrogens (tertiary/aromatic N) is 1. The van der Waals surface area contributed by atoms with E-state index in [0.29, 0.717) is 6.10 Å². The van der Waals surface area contributed by atoms with Gasteiger partial charge < -0.3 is 9.47 Å². The molecule has 0 unspecified atom stereocenters. The topological polar surface area (TPSA) is 31.4 Å². The number of rotatable bonds is 4. The standard InChI is InChI=1S/C11H15NO2/c1-8(2)13-10-5-11(7-12-6-10)14-9-3-4-9/h5-9H,3-4H2,1-2H3. The Morgan fingerprint density at radius 1 is 1.29 bits per heavy atom. The maximum Gasteiger partial charge on any atom is 0.141 e. The fourth-order valence-corrected chi connectivity index (χ4v) is 1.18. The van der Waals surface area contributed by atoms with Gasteiger partial charge in [-0.1, -0.05) is 0 Å². The molecule has 14 heavy (non-hydrogen) atoms. The molecular formula is C11H15NO2. The molecular weight excluding hydrogens is 178 g/mol. The van der Waals surface area contributed by atoms with Crippen molar-refractivity contribution >= 4 is 0 Å². The first-order chi connectivity index (χ1) is 6.74. The molecule has 1 saturated carbocycles. The summed E-state index contributed by atoms with van der Waals surface area (Å²) < 4.78 is 11.1. The minimum atomic E-state index is 0.174. The zero-order valence-electron chi connectivity index (χ0n) is 8.56. The summed E-state index contributed by atoms with van der Waals surface area (Å²) in [6, 6.07) is 1.89. The zero-order chi connectivity index (χ0) is 9.97. The molecule has 1 fully saturated rings. The molecule has 0 amide bonds. The average molecular weight is 193 g/mol. The van der Waals surface area contributed by atoms with Gasteiger partial charge in [0.25, 0.3) is 0 Å².